The predicted molar refractivity (Wildman–Crippen MR) is 189 cm³/mol. The number of fused-ring (bicyclic) bond motifs is 2. The third-order valence-corrected chi connectivity index (χ3v) is 10.4. The second kappa shape index (κ2) is 13.8. The lowest BCUT2D eigenvalue weighted by Crippen LogP contribution is -2.40. The van der Waals surface area contributed by atoms with Crippen molar-refractivity contribution in [2.45, 2.75) is 77.2 Å². The molecule has 0 saturated heterocycles. The molecule has 1 aliphatic carbocycles. The van der Waals surface area contributed by atoms with Crippen molar-refractivity contribution in [3.05, 3.63) is 99.3 Å². The van der Waals surface area contributed by atoms with Gasteiger partial charge in [0.15, 0.2) is 0 Å². The van der Waals surface area contributed by atoms with E-state index in [1.807, 2.05) is 0 Å². The summed E-state index contributed by atoms with van der Waals surface area (Å²) in [6.07, 6.45) is 13.1. The van der Waals surface area contributed by atoms with E-state index in [9.17, 15) is 0 Å². The van der Waals surface area contributed by atoms with Crippen LogP contribution in [0.25, 0.3) is 0 Å². The van der Waals surface area contributed by atoms with Crippen LogP contribution < -0.4 is 14.5 Å². The number of ether oxygens (including phenoxy) is 3. The molecule has 0 aromatic heterocycles. The fourth-order valence-electron chi connectivity index (χ4n) is 7.38. The normalized spacial score (nSPS) is 21.9. The topological polar surface area (TPSA) is 34.2 Å². The molecule has 2 heterocycles. The molecular weight excluding hydrogens is 580 g/mol. The highest BCUT2D eigenvalue weighted by atomic mass is 35.5. The predicted octanol–water partition coefficient (Wildman–Crippen LogP) is 8.99. The molecule has 6 heteroatoms. The molecule has 0 N–H and O–H groups in total. The number of nitrogens with zero attached hydrogens (tertiary/aromatic N) is 2. The van der Waals surface area contributed by atoms with Crippen molar-refractivity contribution >= 4 is 23.0 Å². The summed E-state index contributed by atoms with van der Waals surface area (Å²) < 4.78 is 16.4. The van der Waals surface area contributed by atoms with E-state index < -0.39 is 0 Å². The number of hydrogen-bond acceptors (Lipinski definition) is 5. The first-order valence-electron chi connectivity index (χ1n) is 16.3. The molecule has 242 valence electrons. The Morgan fingerprint density at radius 1 is 0.867 bits per heavy atom. The minimum atomic E-state index is -0.0962. The Morgan fingerprint density at radius 2 is 1.58 bits per heavy atom. The standard InChI is InChI=1S/C39H51ClN2O3/c1-27-11-17-33-31(25-27)38(2,3)35(41(33)21-9-23-43-6)19-14-28-12-13-29(37(28)40)15-20-36-39(4,5)32-26-30(45-8)16-18-34(32)42(36)22-10-24-44-7/h11,14-20,25-26,36H,9-10,12-13,21-24H2,1-8H3/b20-15+,28-14+,35-19+. The van der Waals surface area contributed by atoms with Gasteiger partial charge >= 0.3 is 0 Å². The van der Waals surface area contributed by atoms with E-state index in [1.54, 1.807) is 21.3 Å². The van der Waals surface area contributed by atoms with Gasteiger partial charge in [-0.05, 0) is 85.2 Å². The van der Waals surface area contributed by atoms with Gasteiger partial charge < -0.3 is 24.0 Å². The second-order valence-electron chi connectivity index (χ2n) is 13.7. The third kappa shape index (κ3) is 6.50. The van der Waals surface area contributed by atoms with Crippen molar-refractivity contribution in [2.75, 3.05) is 57.4 Å². The molecule has 0 saturated carbocycles. The van der Waals surface area contributed by atoms with E-state index in [0.29, 0.717) is 0 Å². The summed E-state index contributed by atoms with van der Waals surface area (Å²) in [6.45, 7) is 14.8. The SMILES string of the molecule is COCCCN1/C(=C/C=C2\CCC(/C=C/C3N(CCCOC)c4ccc(OC)cc4C3(C)C)=C2Cl)C(C)(C)c2cc(C)ccc21. The molecule has 0 amide bonds. The van der Waals surface area contributed by atoms with Crippen molar-refractivity contribution < 1.29 is 14.2 Å². The Morgan fingerprint density at radius 3 is 2.29 bits per heavy atom. The summed E-state index contributed by atoms with van der Waals surface area (Å²) in [4.78, 5) is 5.00. The minimum absolute atomic E-state index is 0.0874. The fourth-order valence-corrected chi connectivity index (χ4v) is 7.70. The van der Waals surface area contributed by atoms with Crippen LogP contribution in [0.15, 0.2) is 82.6 Å². The molecule has 0 fully saturated rings. The lowest BCUT2D eigenvalue weighted by atomic mass is 9.80. The largest absolute Gasteiger partial charge is 0.497 e. The Balaban J connectivity index is 1.43. The zero-order valence-electron chi connectivity index (χ0n) is 28.5. The van der Waals surface area contributed by atoms with Gasteiger partial charge in [-0.15, -0.1) is 0 Å². The van der Waals surface area contributed by atoms with Crippen LogP contribution in [0, 0.1) is 6.92 Å². The van der Waals surface area contributed by atoms with Gasteiger partial charge in [0.05, 0.1) is 13.2 Å². The number of allylic oxidation sites excluding steroid dienone is 7. The molecule has 0 bridgehead atoms. The number of benzene rings is 2. The molecule has 5 nitrogen and oxygen atoms in total. The average Bonchev–Trinajstić information content (AvgIpc) is 3.54. The zero-order valence-corrected chi connectivity index (χ0v) is 29.3. The summed E-state index contributed by atoms with van der Waals surface area (Å²) in [7, 11) is 5.28. The van der Waals surface area contributed by atoms with Gasteiger partial charge in [-0.3, -0.25) is 0 Å². The molecule has 0 radical (unpaired) electrons. The highest BCUT2D eigenvalue weighted by Gasteiger charge is 2.43. The molecule has 1 unspecified atom stereocenters. The van der Waals surface area contributed by atoms with Crippen LogP contribution in [0.4, 0.5) is 11.4 Å². The maximum atomic E-state index is 7.13. The maximum Gasteiger partial charge on any atom is 0.119 e. The van der Waals surface area contributed by atoms with Gasteiger partial charge in [0.2, 0.25) is 0 Å². The highest BCUT2D eigenvalue weighted by molar-refractivity contribution is 6.33. The first-order valence-corrected chi connectivity index (χ1v) is 16.7. The van der Waals surface area contributed by atoms with Gasteiger partial charge in [0.1, 0.15) is 5.75 Å². The first-order chi connectivity index (χ1) is 21.5. The lowest BCUT2D eigenvalue weighted by Gasteiger charge is -2.32. The number of aryl methyl sites for hydroxylation is 1. The number of anilines is 2. The van der Waals surface area contributed by atoms with Crippen LogP contribution in [-0.2, 0) is 20.3 Å². The molecule has 3 aliphatic rings. The van der Waals surface area contributed by atoms with Crippen LogP contribution >= 0.6 is 11.6 Å². The number of rotatable bonds is 12. The van der Waals surface area contributed by atoms with Crippen LogP contribution in [0.1, 0.15) is 70.1 Å². The summed E-state index contributed by atoms with van der Waals surface area (Å²) in [5.74, 6) is 0.898. The van der Waals surface area contributed by atoms with Crippen LogP contribution in [0.3, 0.4) is 0 Å². The van der Waals surface area contributed by atoms with E-state index in [1.165, 1.54) is 44.9 Å². The van der Waals surface area contributed by atoms with Crippen LogP contribution in [-0.4, -0.2) is 53.7 Å². The smallest absolute Gasteiger partial charge is 0.119 e. The van der Waals surface area contributed by atoms with Crippen molar-refractivity contribution in [3.8, 4) is 5.75 Å². The van der Waals surface area contributed by atoms with Gasteiger partial charge in [-0.1, -0.05) is 75.2 Å². The fraction of sp³-hybridized carbons (Fsp3) is 0.487. The first kappa shape index (κ1) is 33.4. The number of hydrogen-bond donors (Lipinski definition) is 0. The lowest BCUT2D eigenvalue weighted by molar-refractivity contribution is 0.195. The number of methoxy groups -OCH3 is 3. The van der Waals surface area contributed by atoms with Gasteiger partial charge in [-0.2, -0.15) is 0 Å². The Bertz CT molecular complexity index is 1520. The third-order valence-electron chi connectivity index (χ3n) is 9.96. The Hall–Kier alpha value is -2.99. The zero-order chi connectivity index (χ0) is 32.4. The minimum Gasteiger partial charge on any atom is -0.497 e. The summed E-state index contributed by atoms with van der Waals surface area (Å²) >= 11 is 7.13. The average molecular weight is 631 g/mol. The maximum absolute atomic E-state index is 7.13. The summed E-state index contributed by atoms with van der Waals surface area (Å²) in [6, 6.07) is 13.5. The Labute approximate surface area is 276 Å². The van der Waals surface area contributed by atoms with E-state index in [0.717, 1.165) is 62.8 Å². The molecular formula is C39H51ClN2O3. The van der Waals surface area contributed by atoms with Crippen molar-refractivity contribution in [2.24, 2.45) is 0 Å². The van der Waals surface area contributed by atoms with Gasteiger partial charge in [-0.25, -0.2) is 0 Å². The molecule has 1 atom stereocenters. The van der Waals surface area contributed by atoms with Gasteiger partial charge in [0.25, 0.3) is 0 Å². The summed E-state index contributed by atoms with van der Waals surface area (Å²) in [5, 5.41) is 0.888. The van der Waals surface area contributed by atoms with E-state index in [-0.39, 0.29) is 16.9 Å². The molecule has 0 spiro atoms. The van der Waals surface area contributed by atoms with Gasteiger partial charge in [0, 0.05) is 73.5 Å². The van der Waals surface area contributed by atoms with E-state index in [2.05, 4.69) is 105 Å². The molecule has 2 aromatic carbocycles. The van der Waals surface area contributed by atoms with Crippen molar-refractivity contribution in [3.63, 3.8) is 0 Å². The Kier molecular flexibility index (Phi) is 10.2. The molecule has 2 aliphatic heterocycles. The highest BCUT2D eigenvalue weighted by Crippen LogP contribution is 2.49. The van der Waals surface area contributed by atoms with Crippen LogP contribution in [0.2, 0.25) is 0 Å². The summed E-state index contributed by atoms with van der Waals surface area (Å²) in [5.41, 5.74) is 10.1. The second-order valence-corrected chi connectivity index (χ2v) is 14.1. The monoisotopic (exact) mass is 630 g/mol. The van der Waals surface area contributed by atoms with E-state index in [4.69, 9.17) is 25.8 Å². The van der Waals surface area contributed by atoms with Crippen LogP contribution in [0.5, 0.6) is 5.75 Å². The van der Waals surface area contributed by atoms with Crippen molar-refractivity contribution in [1.82, 2.24) is 0 Å². The van der Waals surface area contributed by atoms with Crippen molar-refractivity contribution in [1.29, 1.82) is 0 Å². The number of halogens is 1. The quantitative estimate of drug-likeness (QED) is 0.219. The molecule has 5 rings (SSSR count). The molecule has 2 aromatic rings. The molecule has 45 heavy (non-hydrogen) atoms. The van der Waals surface area contributed by atoms with E-state index >= 15 is 0 Å².